The summed E-state index contributed by atoms with van der Waals surface area (Å²) in [6.45, 7) is 7.80. The van der Waals surface area contributed by atoms with Gasteiger partial charge in [-0.2, -0.15) is 0 Å². The number of esters is 2. The molecular weight excluding hydrogens is 484 g/mol. The summed E-state index contributed by atoms with van der Waals surface area (Å²) < 4.78 is 10.9. The number of ether oxygens (including phenoxy) is 2. The van der Waals surface area contributed by atoms with Crippen molar-refractivity contribution in [1.29, 1.82) is 0 Å². The van der Waals surface area contributed by atoms with Gasteiger partial charge >= 0.3 is 11.9 Å². The molecule has 0 aromatic rings. The molecule has 0 amide bonds. The minimum atomic E-state index is -0.00259. The summed E-state index contributed by atoms with van der Waals surface area (Å²) in [7, 11) is 0. The van der Waals surface area contributed by atoms with E-state index in [1.54, 1.807) is 0 Å². The van der Waals surface area contributed by atoms with Gasteiger partial charge in [-0.3, -0.25) is 9.59 Å². The zero-order valence-corrected chi connectivity index (χ0v) is 26.7. The molecule has 0 rings (SSSR count). The fourth-order valence-corrected chi connectivity index (χ4v) is 5.23. The minimum absolute atomic E-state index is 0.00259. The summed E-state index contributed by atoms with van der Waals surface area (Å²) in [4.78, 5) is 24.1. The summed E-state index contributed by atoms with van der Waals surface area (Å²) in [6, 6.07) is 0. The van der Waals surface area contributed by atoms with Crippen LogP contribution in [0, 0.1) is 5.92 Å². The normalized spacial score (nSPS) is 12.0. The Morgan fingerprint density at radius 2 is 0.846 bits per heavy atom. The minimum Gasteiger partial charge on any atom is -0.466 e. The van der Waals surface area contributed by atoms with E-state index in [1.807, 2.05) is 0 Å². The van der Waals surface area contributed by atoms with Crippen molar-refractivity contribution in [2.75, 3.05) is 13.2 Å². The van der Waals surface area contributed by atoms with Crippen molar-refractivity contribution in [2.45, 2.75) is 194 Å². The van der Waals surface area contributed by atoms with Gasteiger partial charge in [-0.15, -0.1) is 0 Å². The Kier molecular flexibility index (Phi) is 30.6. The SMILES string of the molecule is CCCCCCCCOC(=O)CCCCCCCCCCCCCCC(CC)C(=O)OCCCCCCCC. The Morgan fingerprint density at radius 1 is 0.462 bits per heavy atom. The van der Waals surface area contributed by atoms with Crippen LogP contribution in [0.25, 0.3) is 0 Å². The Bertz CT molecular complexity index is 519. The van der Waals surface area contributed by atoms with Crippen LogP contribution in [0.2, 0.25) is 0 Å². The van der Waals surface area contributed by atoms with Crippen LogP contribution >= 0.6 is 0 Å². The molecule has 232 valence electrons. The molecule has 0 radical (unpaired) electrons. The average molecular weight is 553 g/mol. The maximum atomic E-state index is 12.3. The molecule has 1 atom stereocenters. The molecule has 0 aromatic carbocycles. The van der Waals surface area contributed by atoms with Crippen molar-refractivity contribution in [2.24, 2.45) is 5.92 Å². The van der Waals surface area contributed by atoms with Crippen LogP contribution in [0.4, 0.5) is 0 Å². The predicted molar refractivity (Wildman–Crippen MR) is 167 cm³/mol. The second-order valence-electron chi connectivity index (χ2n) is 11.8. The van der Waals surface area contributed by atoms with Gasteiger partial charge in [0.15, 0.2) is 0 Å². The van der Waals surface area contributed by atoms with Gasteiger partial charge in [0.05, 0.1) is 19.1 Å². The lowest BCUT2D eigenvalue weighted by atomic mass is 9.97. The zero-order chi connectivity index (χ0) is 28.7. The van der Waals surface area contributed by atoms with Crippen molar-refractivity contribution in [3.63, 3.8) is 0 Å². The summed E-state index contributed by atoms with van der Waals surface area (Å²) in [6.07, 6.45) is 32.2. The zero-order valence-electron chi connectivity index (χ0n) is 26.7. The molecule has 0 aliphatic heterocycles. The Labute approximate surface area is 244 Å². The van der Waals surface area contributed by atoms with Crippen LogP contribution in [0.1, 0.15) is 194 Å². The van der Waals surface area contributed by atoms with E-state index in [9.17, 15) is 9.59 Å². The standard InChI is InChI=1S/C35H68O4/c1-4-7-9-11-23-27-31-38-34(36)30-26-22-20-18-16-14-13-15-17-19-21-25-29-33(6-3)35(37)39-32-28-24-12-10-8-5-2/h33H,4-32H2,1-3H3. The molecule has 0 bridgehead atoms. The molecule has 0 spiro atoms. The second kappa shape index (κ2) is 31.5. The number of hydrogen-bond donors (Lipinski definition) is 0. The average Bonchev–Trinajstić information content (AvgIpc) is 2.94. The third kappa shape index (κ3) is 28.3. The van der Waals surface area contributed by atoms with E-state index in [1.165, 1.54) is 122 Å². The van der Waals surface area contributed by atoms with Crippen molar-refractivity contribution < 1.29 is 19.1 Å². The van der Waals surface area contributed by atoms with E-state index < -0.39 is 0 Å². The second-order valence-corrected chi connectivity index (χ2v) is 11.8. The van der Waals surface area contributed by atoms with Gasteiger partial charge in [-0.25, -0.2) is 0 Å². The van der Waals surface area contributed by atoms with Gasteiger partial charge in [0.25, 0.3) is 0 Å². The molecule has 39 heavy (non-hydrogen) atoms. The first-order valence-electron chi connectivity index (χ1n) is 17.5. The molecule has 4 nitrogen and oxygen atoms in total. The monoisotopic (exact) mass is 553 g/mol. The maximum absolute atomic E-state index is 12.3. The Hall–Kier alpha value is -1.06. The van der Waals surface area contributed by atoms with Crippen molar-refractivity contribution in [3.8, 4) is 0 Å². The number of carbonyl (C=O) groups is 2. The van der Waals surface area contributed by atoms with Crippen molar-refractivity contribution in [3.05, 3.63) is 0 Å². The molecule has 1 unspecified atom stereocenters. The highest BCUT2D eigenvalue weighted by atomic mass is 16.5. The lowest BCUT2D eigenvalue weighted by Crippen LogP contribution is -2.17. The molecule has 0 saturated heterocycles. The largest absolute Gasteiger partial charge is 0.466 e. The van der Waals surface area contributed by atoms with E-state index in [0.717, 1.165) is 44.9 Å². The molecule has 0 aliphatic rings. The van der Waals surface area contributed by atoms with Gasteiger partial charge in [0.1, 0.15) is 0 Å². The van der Waals surface area contributed by atoms with Crippen LogP contribution in [0.3, 0.4) is 0 Å². The predicted octanol–water partition coefficient (Wildman–Crippen LogP) is 11.3. The molecule has 0 saturated carbocycles. The highest BCUT2D eigenvalue weighted by Crippen LogP contribution is 2.18. The number of hydrogen-bond acceptors (Lipinski definition) is 4. The summed E-state index contributed by atoms with van der Waals surface area (Å²) in [5.74, 6) is 0.132. The highest BCUT2D eigenvalue weighted by Gasteiger charge is 2.17. The summed E-state index contributed by atoms with van der Waals surface area (Å²) in [5.41, 5.74) is 0. The fourth-order valence-electron chi connectivity index (χ4n) is 5.23. The first kappa shape index (κ1) is 37.9. The molecule has 0 aliphatic carbocycles. The summed E-state index contributed by atoms with van der Waals surface area (Å²) >= 11 is 0. The number of rotatable bonds is 31. The third-order valence-corrected chi connectivity index (χ3v) is 8.01. The van der Waals surface area contributed by atoms with E-state index >= 15 is 0 Å². The van der Waals surface area contributed by atoms with E-state index in [0.29, 0.717) is 19.6 Å². The topological polar surface area (TPSA) is 52.6 Å². The molecule has 0 aromatic heterocycles. The number of carbonyl (C=O) groups excluding carboxylic acids is 2. The Morgan fingerprint density at radius 3 is 1.31 bits per heavy atom. The van der Waals surface area contributed by atoms with Gasteiger partial charge < -0.3 is 9.47 Å². The van der Waals surface area contributed by atoms with Gasteiger partial charge in [-0.1, -0.05) is 156 Å². The molecule has 0 fully saturated rings. The number of unbranched alkanes of at least 4 members (excludes halogenated alkanes) is 21. The lowest BCUT2D eigenvalue weighted by Gasteiger charge is -2.14. The Balaban J connectivity index is 3.39. The van der Waals surface area contributed by atoms with Gasteiger partial charge in [0.2, 0.25) is 0 Å². The maximum Gasteiger partial charge on any atom is 0.308 e. The third-order valence-electron chi connectivity index (χ3n) is 8.01. The lowest BCUT2D eigenvalue weighted by molar-refractivity contribution is -0.149. The van der Waals surface area contributed by atoms with Crippen molar-refractivity contribution >= 4 is 11.9 Å². The first-order chi connectivity index (χ1) is 19.2. The molecule has 0 N–H and O–H groups in total. The summed E-state index contributed by atoms with van der Waals surface area (Å²) in [5, 5.41) is 0. The first-order valence-corrected chi connectivity index (χ1v) is 17.5. The fraction of sp³-hybridized carbons (Fsp3) is 0.943. The quantitative estimate of drug-likeness (QED) is 0.0634. The highest BCUT2D eigenvalue weighted by molar-refractivity contribution is 5.72. The van der Waals surface area contributed by atoms with Crippen LogP contribution in [0.15, 0.2) is 0 Å². The van der Waals surface area contributed by atoms with Crippen LogP contribution in [-0.2, 0) is 19.1 Å². The van der Waals surface area contributed by atoms with Crippen LogP contribution < -0.4 is 0 Å². The van der Waals surface area contributed by atoms with E-state index in [-0.39, 0.29) is 17.9 Å². The molecule has 4 heteroatoms. The van der Waals surface area contributed by atoms with Gasteiger partial charge in [-0.05, 0) is 32.1 Å². The van der Waals surface area contributed by atoms with Crippen LogP contribution in [-0.4, -0.2) is 25.2 Å². The van der Waals surface area contributed by atoms with E-state index in [4.69, 9.17) is 9.47 Å². The van der Waals surface area contributed by atoms with E-state index in [2.05, 4.69) is 20.8 Å². The van der Waals surface area contributed by atoms with Crippen LogP contribution in [0.5, 0.6) is 0 Å². The molecular formula is C35H68O4. The van der Waals surface area contributed by atoms with Crippen molar-refractivity contribution in [1.82, 2.24) is 0 Å². The smallest absolute Gasteiger partial charge is 0.308 e. The van der Waals surface area contributed by atoms with Gasteiger partial charge in [0, 0.05) is 6.42 Å². The molecule has 0 heterocycles.